The average molecular weight is 355 g/mol. The molecule has 1 saturated carbocycles. The first kappa shape index (κ1) is 13.5. The lowest BCUT2D eigenvalue weighted by atomic mass is 10.1. The Morgan fingerprint density at radius 1 is 1.30 bits per heavy atom. The number of halogens is 2. The van der Waals surface area contributed by atoms with Crippen LogP contribution >= 0.6 is 27.5 Å². The second-order valence-electron chi connectivity index (χ2n) is 4.59. The third-order valence-corrected chi connectivity index (χ3v) is 4.43. The average Bonchev–Trinajstić information content (AvgIpc) is 3.26. The number of aromatic nitrogens is 2. The molecule has 1 aliphatic rings. The van der Waals surface area contributed by atoms with Crippen molar-refractivity contribution < 1.29 is 4.92 Å². The first-order valence-corrected chi connectivity index (χ1v) is 7.21. The Morgan fingerprint density at radius 2 is 2.00 bits per heavy atom. The van der Waals surface area contributed by atoms with E-state index in [0.29, 0.717) is 21.8 Å². The van der Waals surface area contributed by atoms with Crippen LogP contribution in [0.1, 0.15) is 24.5 Å². The predicted molar refractivity (Wildman–Crippen MR) is 78.8 cm³/mol. The van der Waals surface area contributed by atoms with Crippen LogP contribution in [-0.4, -0.2) is 14.9 Å². The molecular weight excluding hydrogens is 346 g/mol. The van der Waals surface area contributed by atoms with E-state index in [4.69, 9.17) is 11.6 Å². The largest absolute Gasteiger partial charge is 0.280 e. The molecule has 5 nitrogen and oxygen atoms in total. The molecule has 0 N–H and O–H groups in total. The zero-order valence-electron chi connectivity index (χ0n) is 10.2. The van der Waals surface area contributed by atoms with Gasteiger partial charge in [0.2, 0.25) is 0 Å². The van der Waals surface area contributed by atoms with Crippen LogP contribution in [0.5, 0.6) is 0 Å². The van der Waals surface area contributed by atoms with E-state index >= 15 is 0 Å². The van der Waals surface area contributed by atoms with Crippen molar-refractivity contribution in [2.75, 3.05) is 0 Å². The maximum Gasteiger partial charge on any atom is 0.280 e. The number of nitro groups is 1. The summed E-state index contributed by atoms with van der Waals surface area (Å²) in [6.45, 7) is 0. The second kappa shape index (κ2) is 5.10. The maximum atomic E-state index is 11.1. The van der Waals surface area contributed by atoms with Gasteiger partial charge in [-0.1, -0.05) is 23.7 Å². The van der Waals surface area contributed by atoms with Crippen molar-refractivity contribution in [3.8, 4) is 11.4 Å². The van der Waals surface area contributed by atoms with Gasteiger partial charge in [-0.15, -0.1) is 0 Å². The molecule has 0 radical (unpaired) electrons. The quantitative estimate of drug-likeness (QED) is 0.467. The maximum absolute atomic E-state index is 11.1. The minimum Gasteiger partial charge on any atom is -0.258 e. The molecule has 0 aliphatic heterocycles. The summed E-state index contributed by atoms with van der Waals surface area (Å²) in [7, 11) is 0. The Bertz CT molecular complexity index is 704. The van der Waals surface area contributed by atoms with Gasteiger partial charge in [0.25, 0.3) is 5.69 Å². The molecule has 102 valence electrons. The van der Waals surface area contributed by atoms with Gasteiger partial charge < -0.3 is 0 Å². The van der Waals surface area contributed by atoms with Gasteiger partial charge in [-0.3, -0.25) is 10.1 Å². The first-order valence-electron chi connectivity index (χ1n) is 6.04. The molecule has 0 atom stereocenters. The fraction of sp³-hybridized carbons (Fsp3) is 0.231. The van der Waals surface area contributed by atoms with E-state index in [9.17, 15) is 10.1 Å². The summed E-state index contributed by atoms with van der Waals surface area (Å²) < 4.78 is 0.684. The Balaban J connectivity index is 2.18. The van der Waals surface area contributed by atoms with Crippen molar-refractivity contribution in [2.45, 2.75) is 18.8 Å². The van der Waals surface area contributed by atoms with E-state index < -0.39 is 4.92 Å². The van der Waals surface area contributed by atoms with Crippen molar-refractivity contribution in [1.29, 1.82) is 0 Å². The predicted octanol–water partition coefficient (Wildman–Crippen LogP) is 4.35. The van der Waals surface area contributed by atoms with Crippen LogP contribution in [0.3, 0.4) is 0 Å². The molecular formula is C13H9BrClN3O2. The summed E-state index contributed by atoms with van der Waals surface area (Å²) in [5.41, 5.74) is 1.19. The van der Waals surface area contributed by atoms with Gasteiger partial charge in [0.05, 0.1) is 20.7 Å². The van der Waals surface area contributed by atoms with E-state index in [1.54, 1.807) is 18.2 Å². The van der Waals surface area contributed by atoms with E-state index in [2.05, 4.69) is 25.9 Å². The molecule has 1 aliphatic carbocycles. The molecule has 0 amide bonds. The van der Waals surface area contributed by atoms with E-state index in [1.807, 2.05) is 0 Å². The minimum absolute atomic E-state index is 0.0207. The fourth-order valence-electron chi connectivity index (χ4n) is 2.01. The Hall–Kier alpha value is -1.53. The number of benzene rings is 1. The van der Waals surface area contributed by atoms with Crippen molar-refractivity contribution in [2.24, 2.45) is 0 Å². The summed E-state index contributed by atoms with van der Waals surface area (Å²) in [6.07, 6.45) is 2.12. The highest BCUT2D eigenvalue weighted by Gasteiger charge is 2.30. The zero-order chi connectivity index (χ0) is 14.3. The standard InChI is InChI=1S/C13H9BrClN3O2/c14-10-11(7-5-6-7)16-13(17-12(10)15)8-3-1-2-4-9(8)18(19)20/h1-4,7H,5-6H2. The number of hydrogen-bond donors (Lipinski definition) is 0. The Labute approximate surface area is 128 Å². The minimum atomic E-state index is -0.439. The van der Waals surface area contributed by atoms with Crippen LogP contribution in [-0.2, 0) is 0 Å². The van der Waals surface area contributed by atoms with Crippen LogP contribution in [0.25, 0.3) is 11.4 Å². The Kier molecular flexibility index (Phi) is 3.43. The van der Waals surface area contributed by atoms with Crippen molar-refractivity contribution in [3.05, 3.63) is 49.7 Å². The topological polar surface area (TPSA) is 68.9 Å². The molecule has 20 heavy (non-hydrogen) atoms. The van der Waals surface area contributed by atoms with Crippen LogP contribution in [0.2, 0.25) is 5.15 Å². The third kappa shape index (κ3) is 2.41. The van der Waals surface area contributed by atoms with Gasteiger partial charge in [-0.25, -0.2) is 9.97 Å². The van der Waals surface area contributed by atoms with Crippen molar-refractivity contribution in [3.63, 3.8) is 0 Å². The number of rotatable bonds is 3. The van der Waals surface area contributed by atoms with Gasteiger partial charge in [0.15, 0.2) is 5.82 Å². The number of para-hydroxylation sites is 1. The van der Waals surface area contributed by atoms with Gasteiger partial charge in [0.1, 0.15) is 5.15 Å². The normalized spacial score (nSPS) is 14.3. The Morgan fingerprint density at radius 3 is 2.65 bits per heavy atom. The number of nitrogens with zero attached hydrogens (tertiary/aromatic N) is 3. The molecule has 1 heterocycles. The van der Waals surface area contributed by atoms with E-state index in [1.165, 1.54) is 6.07 Å². The highest BCUT2D eigenvalue weighted by molar-refractivity contribution is 9.10. The van der Waals surface area contributed by atoms with Crippen LogP contribution < -0.4 is 0 Å². The molecule has 2 aromatic rings. The summed E-state index contributed by atoms with van der Waals surface area (Å²) in [5.74, 6) is 0.666. The molecule has 3 rings (SSSR count). The molecule has 1 aromatic heterocycles. The second-order valence-corrected chi connectivity index (χ2v) is 5.74. The number of hydrogen-bond acceptors (Lipinski definition) is 4. The summed E-state index contributed by atoms with van der Waals surface area (Å²) in [4.78, 5) is 19.3. The third-order valence-electron chi connectivity index (χ3n) is 3.14. The summed E-state index contributed by atoms with van der Waals surface area (Å²) >= 11 is 9.49. The van der Waals surface area contributed by atoms with Gasteiger partial charge in [-0.2, -0.15) is 0 Å². The van der Waals surface area contributed by atoms with Crippen molar-refractivity contribution in [1.82, 2.24) is 9.97 Å². The van der Waals surface area contributed by atoms with Crippen LogP contribution in [0, 0.1) is 10.1 Å². The number of nitro benzene ring substituents is 1. The van der Waals surface area contributed by atoms with Gasteiger partial charge in [-0.05, 0) is 34.8 Å². The molecule has 0 spiro atoms. The summed E-state index contributed by atoms with van der Waals surface area (Å²) in [5, 5.41) is 11.4. The lowest BCUT2D eigenvalue weighted by Gasteiger charge is -2.07. The van der Waals surface area contributed by atoms with E-state index in [0.717, 1.165) is 18.5 Å². The van der Waals surface area contributed by atoms with Crippen LogP contribution in [0.15, 0.2) is 28.7 Å². The lowest BCUT2D eigenvalue weighted by Crippen LogP contribution is -2.00. The molecule has 1 fully saturated rings. The lowest BCUT2D eigenvalue weighted by molar-refractivity contribution is -0.384. The highest BCUT2D eigenvalue weighted by Crippen LogP contribution is 2.44. The molecule has 0 bridgehead atoms. The van der Waals surface area contributed by atoms with Gasteiger partial charge in [0, 0.05) is 12.0 Å². The van der Waals surface area contributed by atoms with Crippen molar-refractivity contribution >= 4 is 33.2 Å². The molecule has 1 aromatic carbocycles. The zero-order valence-corrected chi connectivity index (χ0v) is 12.6. The van der Waals surface area contributed by atoms with E-state index in [-0.39, 0.29) is 10.8 Å². The first-order chi connectivity index (χ1) is 9.58. The van der Waals surface area contributed by atoms with Gasteiger partial charge >= 0.3 is 0 Å². The fourth-order valence-corrected chi connectivity index (χ4v) is 2.68. The molecule has 0 unspecified atom stereocenters. The molecule has 0 saturated heterocycles. The monoisotopic (exact) mass is 353 g/mol. The van der Waals surface area contributed by atoms with Crippen LogP contribution in [0.4, 0.5) is 5.69 Å². The smallest absolute Gasteiger partial charge is 0.258 e. The summed E-state index contributed by atoms with van der Waals surface area (Å²) in [6, 6.07) is 6.40. The highest BCUT2D eigenvalue weighted by atomic mass is 79.9. The molecule has 7 heteroatoms. The SMILES string of the molecule is O=[N+]([O-])c1ccccc1-c1nc(Cl)c(Br)c(C2CC2)n1.